The van der Waals surface area contributed by atoms with Gasteiger partial charge in [-0.15, -0.1) is 0 Å². The molecule has 1 aliphatic rings. The van der Waals surface area contributed by atoms with Gasteiger partial charge in [0.05, 0.1) is 34.9 Å². The van der Waals surface area contributed by atoms with Crippen LogP contribution in [0.25, 0.3) is 11.0 Å². The highest BCUT2D eigenvalue weighted by atomic mass is 16.2. The number of benzene rings is 3. The summed E-state index contributed by atoms with van der Waals surface area (Å²) >= 11 is 0. The van der Waals surface area contributed by atoms with Crippen LogP contribution in [0.4, 0.5) is 5.69 Å². The van der Waals surface area contributed by atoms with E-state index in [-0.39, 0.29) is 36.1 Å². The summed E-state index contributed by atoms with van der Waals surface area (Å²) in [6.45, 7) is 3.58. The second-order valence-electron chi connectivity index (χ2n) is 9.52. The number of para-hydroxylation sites is 3. The molecule has 37 heavy (non-hydrogen) atoms. The Balaban J connectivity index is 1.18. The van der Waals surface area contributed by atoms with Crippen LogP contribution in [0.1, 0.15) is 47.8 Å². The maximum atomic E-state index is 13.0. The van der Waals surface area contributed by atoms with Gasteiger partial charge < -0.3 is 15.6 Å². The van der Waals surface area contributed by atoms with Crippen molar-refractivity contribution in [3.63, 3.8) is 0 Å². The zero-order valence-electron chi connectivity index (χ0n) is 20.8. The maximum absolute atomic E-state index is 13.0. The number of fused-ring (bicyclic) bond motifs is 1. The normalized spacial score (nSPS) is 15.4. The number of nitrogens with zero attached hydrogens (tertiary/aromatic N) is 2. The first-order valence-corrected chi connectivity index (χ1v) is 12.7. The molecule has 1 aromatic heterocycles. The number of anilines is 1. The number of H-pyrrole nitrogens is 1. The van der Waals surface area contributed by atoms with E-state index in [2.05, 4.69) is 20.5 Å². The first-order chi connectivity index (χ1) is 18.0. The number of hydrogen-bond acceptors (Lipinski definition) is 4. The Labute approximate surface area is 215 Å². The van der Waals surface area contributed by atoms with Crippen LogP contribution in [0.3, 0.4) is 0 Å². The minimum Gasteiger partial charge on any atom is -0.345 e. The molecule has 1 unspecified atom stereocenters. The molecular formula is C29H31N5O3. The molecule has 3 N–H and O–H groups in total. The van der Waals surface area contributed by atoms with Crippen molar-refractivity contribution in [3.8, 4) is 0 Å². The summed E-state index contributed by atoms with van der Waals surface area (Å²) in [5, 5.41) is 5.93. The van der Waals surface area contributed by atoms with Gasteiger partial charge in [-0.25, -0.2) is 4.79 Å². The van der Waals surface area contributed by atoms with Crippen LogP contribution in [0.15, 0.2) is 83.7 Å². The van der Waals surface area contributed by atoms with Crippen LogP contribution in [0.5, 0.6) is 0 Å². The summed E-state index contributed by atoms with van der Waals surface area (Å²) in [5.41, 5.74) is 3.60. The molecule has 4 aromatic rings. The van der Waals surface area contributed by atoms with Crippen LogP contribution in [-0.2, 0) is 4.79 Å². The Morgan fingerprint density at radius 1 is 0.946 bits per heavy atom. The average Bonchev–Trinajstić information content (AvgIpc) is 3.25. The van der Waals surface area contributed by atoms with Gasteiger partial charge in [0.15, 0.2) is 0 Å². The Morgan fingerprint density at radius 3 is 2.41 bits per heavy atom. The predicted octanol–water partition coefficient (Wildman–Crippen LogP) is 4.10. The molecule has 0 spiro atoms. The molecule has 3 aromatic carbocycles. The van der Waals surface area contributed by atoms with Gasteiger partial charge in [-0.1, -0.05) is 54.6 Å². The molecule has 2 heterocycles. The molecule has 1 fully saturated rings. The number of rotatable bonds is 7. The van der Waals surface area contributed by atoms with Crippen LogP contribution in [-0.4, -0.2) is 45.9 Å². The summed E-state index contributed by atoms with van der Waals surface area (Å²) in [6.07, 6.45) is 1.57. The van der Waals surface area contributed by atoms with Crippen LogP contribution in [0.2, 0.25) is 0 Å². The van der Waals surface area contributed by atoms with Crippen LogP contribution < -0.4 is 16.3 Å². The van der Waals surface area contributed by atoms with Gasteiger partial charge in [-0.05, 0) is 49.6 Å². The quantitative estimate of drug-likeness (QED) is 0.358. The largest absolute Gasteiger partial charge is 0.345 e. The van der Waals surface area contributed by atoms with Crippen molar-refractivity contribution >= 4 is 28.5 Å². The minimum atomic E-state index is -0.239. The lowest BCUT2D eigenvalue weighted by Gasteiger charge is -2.32. The van der Waals surface area contributed by atoms with Crippen molar-refractivity contribution in [1.82, 2.24) is 19.8 Å². The molecule has 0 bridgehead atoms. The SMILES string of the molecule is CC(NC(=O)c1ccccc1NC(=O)CN1CCC(n2c(=O)[nH]c3ccccc32)CC1)c1ccccc1. The molecule has 5 rings (SSSR count). The molecular weight excluding hydrogens is 466 g/mol. The number of aromatic nitrogens is 2. The molecule has 190 valence electrons. The van der Waals surface area contributed by atoms with Gasteiger partial charge in [0.25, 0.3) is 5.91 Å². The van der Waals surface area contributed by atoms with E-state index in [1.807, 2.05) is 66.1 Å². The Hall–Kier alpha value is -4.17. The van der Waals surface area contributed by atoms with Gasteiger partial charge in [-0.2, -0.15) is 0 Å². The second-order valence-corrected chi connectivity index (χ2v) is 9.52. The van der Waals surface area contributed by atoms with Crippen molar-refractivity contribution in [2.24, 2.45) is 0 Å². The van der Waals surface area contributed by atoms with Gasteiger partial charge in [0, 0.05) is 19.1 Å². The molecule has 1 aliphatic heterocycles. The highest BCUT2D eigenvalue weighted by molar-refractivity contribution is 6.04. The van der Waals surface area contributed by atoms with E-state index in [1.165, 1.54) is 0 Å². The van der Waals surface area contributed by atoms with E-state index in [0.29, 0.717) is 24.3 Å². The van der Waals surface area contributed by atoms with E-state index in [1.54, 1.807) is 24.3 Å². The van der Waals surface area contributed by atoms with Crippen LogP contribution in [0, 0.1) is 0 Å². The molecule has 0 radical (unpaired) electrons. The Bertz CT molecular complexity index is 1450. The monoisotopic (exact) mass is 497 g/mol. The number of likely N-dealkylation sites (tertiary alicyclic amines) is 1. The molecule has 2 amide bonds. The summed E-state index contributed by atoms with van der Waals surface area (Å²) in [4.78, 5) is 43.4. The number of hydrogen-bond donors (Lipinski definition) is 3. The van der Waals surface area contributed by atoms with Gasteiger partial charge in [0.2, 0.25) is 5.91 Å². The van der Waals surface area contributed by atoms with E-state index in [4.69, 9.17) is 0 Å². The Morgan fingerprint density at radius 2 is 1.62 bits per heavy atom. The standard InChI is InChI=1S/C29H31N5O3/c1-20(21-9-3-2-4-10-21)30-28(36)23-11-5-6-12-24(23)31-27(35)19-33-17-15-22(16-18-33)34-26-14-8-7-13-25(26)32-29(34)37/h2-14,20,22H,15-19H2,1H3,(H,30,36)(H,31,35)(H,32,37). The fourth-order valence-corrected chi connectivity index (χ4v) is 5.05. The fourth-order valence-electron chi connectivity index (χ4n) is 5.05. The predicted molar refractivity (Wildman–Crippen MR) is 145 cm³/mol. The lowest BCUT2D eigenvalue weighted by atomic mass is 10.0. The average molecular weight is 498 g/mol. The lowest BCUT2D eigenvalue weighted by Crippen LogP contribution is -2.41. The summed E-state index contributed by atoms with van der Waals surface area (Å²) < 4.78 is 1.85. The van der Waals surface area contributed by atoms with Gasteiger partial charge in [0.1, 0.15) is 0 Å². The molecule has 8 heteroatoms. The maximum Gasteiger partial charge on any atom is 0.326 e. The zero-order chi connectivity index (χ0) is 25.8. The molecule has 1 saturated heterocycles. The third kappa shape index (κ3) is 5.49. The number of carbonyl (C=O) groups excluding carboxylic acids is 2. The summed E-state index contributed by atoms with van der Waals surface area (Å²) in [5.74, 6) is -0.406. The van der Waals surface area contributed by atoms with Crippen molar-refractivity contribution in [1.29, 1.82) is 0 Å². The third-order valence-corrected chi connectivity index (χ3v) is 7.01. The summed E-state index contributed by atoms with van der Waals surface area (Å²) in [7, 11) is 0. The lowest BCUT2D eigenvalue weighted by molar-refractivity contribution is -0.117. The van der Waals surface area contributed by atoms with Crippen LogP contribution >= 0.6 is 0 Å². The Kier molecular flexibility index (Phi) is 7.18. The number of piperidine rings is 1. The summed E-state index contributed by atoms with van der Waals surface area (Å²) in [6, 6.07) is 24.5. The smallest absolute Gasteiger partial charge is 0.326 e. The first-order valence-electron chi connectivity index (χ1n) is 12.7. The van der Waals surface area contributed by atoms with Crippen molar-refractivity contribution in [2.45, 2.75) is 31.8 Å². The molecule has 1 atom stereocenters. The second kappa shape index (κ2) is 10.8. The fraction of sp³-hybridized carbons (Fsp3) is 0.276. The van der Waals surface area contributed by atoms with E-state index in [9.17, 15) is 14.4 Å². The molecule has 0 saturated carbocycles. The third-order valence-electron chi connectivity index (χ3n) is 7.01. The van der Waals surface area contributed by atoms with E-state index in [0.717, 1.165) is 29.4 Å². The van der Waals surface area contributed by atoms with Crippen molar-refractivity contribution < 1.29 is 9.59 Å². The number of carbonyl (C=O) groups is 2. The van der Waals surface area contributed by atoms with E-state index >= 15 is 0 Å². The molecule has 0 aliphatic carbocycles. The number of aromatic amines is 1. The minimum absolute atomic E-state index is 0.0890. The van der Waals surface area contributed by atoms with Crippen molar-refractivity contribution in [3.05, 3.63) is 100 Å². The van der Waals surface area contributed by atoms with Gasteiger partial charge in [-0.3, -0.25) is 19.1 Å². The molecule has 8 nitrogen and oxygen atoms in total. The zero-order valence-corrected chi connectivity index (χ0v) is 20.8. The number of amides is 2. The number of nitrogens with one attached hydrogen (secondary N) is 3. The van der Waals surface area contributed by atoms with E-state index < -0.39 is 0 Å². The topological polar surface area (TPSA) is 99.2 Å². The van der Waals surface area contributed by atoms with Gasteiger partial charge >= 0.3 is 5.69 Å². The highest BCUT2D eigenvalue weighted by Gasteiger charge is 2.25. The number of imidazole rings is 1. The highest BCUT2D eigenvalue weighted by Crippen LogP contribution is 2.25. The first kappa shape index (κ1) is 24.5. The van der Waals surface area contributed by atoms with Crippen molar-refractivity contribution in [2.75, 3.05) is 25.0 Å².